The zero-order valence-electron chi connectivity index (χ0n) is 14.5. The topological polar surface area (TPSA) is 125 Å². The molecule has 7 heteroatoms. The maximum absolute atomic E-state index is 12.1. The van der Waals surface area contributed by atoms with Gasteiger partial charge in [-0.05, 0) is 22.3 Å². The molecule has 3 rings (SSSR count). The van der Waals surface area contributed by atoms with Gasteiger partial charge in [0.15, 0.2) is 0 Å². The van der Waals surface area contributed by atoms with Crippen molar-refractivity contribution in [1.29, 1.82) is 0 Å². The number of nitrogens with two attached hydrogens (primary N) is 1. The van der Waals surface area contributed by atoms with Gasteiger partial charge in [0.25, 0.3) is 0 Å². The van der Waals surface area contributed by atoms with Gasteiger partial charge >= 0.3 is 5.97 Å². The predicted molar refractivity (Wildman–Crippen MR) is 97.0 cm³/mol. The summed E-state index contributed by atoms with van der Waals surface area (Å²) in [6.45, 7) is 0.0761. The number of aliphatic imine (C=N–C) groups is 1. The normalized spacial score (nSPS) is 14.3. The number of hydrogen-bond acceptors (Lipinski definition) is 5. The number of carbonyl (C=O) groups excluding carboxylic acids is 1. The SMILES string of the molecule is NC(=O)C[C@@H](CC(=O)O)N=C([O-])OCC1c2ccccc2-c2ccccc21. The van der Waals surface area contributed by atoms with Gasteiger partial charge in [-0.15, -0.1) is 0 Å². The second-order valence-corrected chi connectivity index (χ2v) is 6.36. The first kappa shape index (κ1) is 18.4. The molecule has 140 valence electrons. The van der Waals surface area contributed by atoms with E-state index in [1.807, 2.05) is 48.5 Å². The number of nitrogens with zero attached hydrogens (tertiary/aromatic N) is 1. The Kier molecular flexibility index (Phi) is 5.40. The number of rotatable bonds is 7. The Morgan fingerprint density at radius 1 is 1.07 bits per heavy atom. The Morgan fingerprint density at radius 3 is 2.15 bits per heavy atom. The first-order valence-electron chi connectivity index (χ1n) is 8.51. The fourth-order valence-corrected chi connectivity index (χ4v) is 3.38. The van der Waals surface area contributed by atoms with E-state index in [0.29, 0.717) is 0 Å². The maximum atomic E-state index is 12.1. The molecule has 1 atom stereocenters. The predicted octanol–water partition coefficient (Wildman–Crippen LogP) is 1.25. The van der Waals surface area contributed by atoms with Crippen molar-refractivity contribution < 1.29 is 24.5 Å². The van der Waals surface area contributed by atoms with Crippen LogP contribution in [0.3, 0.4) is 0 Å². The summed E-state index contributed by atoms with van der Waals surface area (Å²) in [6.07, 6.45) is -1.69. The Balaban J connectivity index is 1.75. The summed E-state index contributed by atoms with van der Waals surface area (Å²) in [4.78, 5) is 25.6. The average Bonchev–Trinajstić information content (AvgIpc) is 2.93. The highest BCUT2D eigenvalue weighted by Crippen LogP contribution is 2.44. The van der Waals surface area contributed by atoms with Crippen molar-refractivity contribution in [1.82, 2.24) is 0 Å². The summed E-state index contributed by atoms with van der Waals surface area (Å²) in [5, 5.41) is 20.9. The summed E-state index contributed by atoms with van der Waals surface area (Å²) in [7, 11) is 0. The molecule has 1 aliphatic rings. The maximum Gasteiger partial charge on any atom is 0.305 e. The number of hydrogen-bond donors (Lipinski definition) is 2. The highest BCUT2D eigenvalue weighted by molar-refractivity contribution is 5.79. The quantitative estimate of drug-likeness (QED) is 0.563. The number of primary amides is 1. The van der Waals surface area contributed by atoms with Crippen LogP contribution in [-0.2, 0) is 14.3 Å². The molecular formula is C20H19N2O5-. The highest BCUT2D eigenvalue weighted by Gasteiger charge is 2.26. The minimum absolute atomic E-state index is 0.0761. The molecule has 0 unspecified atom stereocenters. The van der Waals surface area contributed by atoms with Crippen molar-refractivity contribution in [2.75, 3.05) is 6.61 Å². The van der Waals surface area contributed by atoms with E-state index in [9.17, 15) is 14.7 Å². The minimum atomic E-state index is -1.17. The van der Waals surface area contributed by atoms with E-state index in [4.69, 9.17) is 15.6 Å². The zero-order chi connectivity index (χ0) is 19.4. The lowest BCUT2D eigenvalue weighted by Gasteiger charge is -2.22. The van der Waals surface area contributed by atoms with E-state index in [1.54, 1.807) is 0 Å². The van der Waals surface area contributed by atoms with Crippen LogP contribution < -0.4 is 10.8 Å². The number of carboxylic acid groups (broad SMARTS) is 1. The summed E-state index contributed by atoms with van der Waals surface area (Å²) >= 11 is 0. The van der Waals surface area contributed by atoms with Crippen LogP contribution in [0.15, 0.2) is 53.5 Å². The molecule has 0 spiro atoms. The van der Waals surface area contributed by atoms with Crippen LogP contribution in [0, 0.1) is 0 Å². The standard InChI is InChI=1S/C20H20N2O5/c21-18(23)9-12(10-19(24)25)22-20(26)27-11-17-15-7-3-1-5-13(15)14-6-2-4-8-16(14)17/h1-8,12,17H,9-11H2,(H2,21,23)(H,22,26)(H,24,25)/p-1/t12-/m0/s1. The van der Waals surface area contributed by atoms with Crippen LogP contribution in [0.1, 0.15) is 29.9 Å². The van der Waals surface area contributed by atoms with Crippen molar-refractivity contribution in [3.8, 4) is 11.1 Å². The fourth-order valence-electron chi connectivity index (χ4n) is 3.38. The van der Waals surface area contributed by atoms with Gasteiger partial charge in [-0.2, -0.15) is 0 Å². The number of carboxylic acids is 1. The van der Waals surface area contributed by atoms with Crippen molar-refractivity contribution in [2.45, 2.75) is 24.8 Å². The summed E-state index contributed by atoms with van der Waals surface area (Å²) in [5.41, 5.74) is 9.40. The van der Waals surface area contributed by atoms with Gasteiger partial charge in [-0.3, -0.25) is 14.6 Å². The first-order valence-corrected chi connectivity index (χ1v) is 8.51. The third kappa shape index (κ3) is 4.25. The van der Waals surface area contributed by atoms with Crippen LogP contribution in [0.4, 0.5) is 0 Å². The van der Waals surface area contributed by atoms with Crippen LogP contribution in [0.25, 0.3) is 11.1 Å². The zero-order valence-corrected chi connectivity index (χ0v) is 14.5. The van der Waals surface area contributed by atoms with Crippen LogP contribution in [0.5, 0.6) is 0 Å². The van der Waals surface area contributed by atoms with Gasteiger partial charge < -0.3 is 20.7 Å². The molecule has 0 aliphatic heterocycles. The van der Waals surface area contributed by atoms with Crippen LogP contribution in [-0.4, -0.2) is 35.7 Å². The second kappa shape index (κ2) is 7.90. The average molecular weight is 367 g/mol. The number of carbonyl (C=O) groups is 2. The summed E-state index contributed by atoms with van der Waals surface area (Å²) in [5.74, 6) is -2.02. The second-order valence-electron chi connectivity index (χ2n) is 6.36. The molecule has 0 fully saturated rings. The Hall–Kier alpha value is -3.35. The van der Waals surface area contributed by atoms with Gasteiger partial charge in [0.05, 0.1) is 12.5 Å². The molecule has 0 bridgehead atoms. The van der Waals surface area contributed by atoms with Crippen molar-refractivity contribution in [3.05, 3.63) is 59.7 Å². The molecule has 0 aromatic heterocycles. The summed E-state index contributed by atoms with van der Waals surface area (Å²) < 4.78 is 5.28. The third-order valence-electron chi connectivity index (χ3n) is 4.47. The lowest BCUT2D eigenvalue weighted by molar-refractivity contribution is -0.251. The van der Waals surface area contributed by atoms with E-state index in [0.717, 1.165) is 22.3 Å². The molecule has 7 nitrogen and oxygen atoms in total. The smallest absolute Gasteiger partial charge is 0.305 e. The number of ether oxygens (including phenoxy) is 1. The van der Waals surface area contributed by atoms with Crippen molar-refractivity contribution >= 4 is 18.0 Å². The number of aliphatic carboxylic acids is 1. The van der Waals surface area contributed by atoms with Gasteiger partial charge in [-0.1, -0.05) is 48.5 Å². The monoisotopic (exact) mass is 367 g/mol. The van der Waals surface area contributed by atoms with Gasteiger partial charge in [0.1, 0.15) is 6.08 Å². The molecule has 1 aliphatic carbocycles. The van der Waals surface area contributed by atoms with Crippen LogP contribution >= 0.6 is 0 Å². The molecule has 1 amide bonds. The summed E-state index contributed by atoms with van der Waals surface area (Å²) in [6, 6.07) is 14.8. The van der Waals surface area contributed by atoms with E-state index in [-0.39, 0.29) is 18.9 Å². The van der Waals surface area contributed by atoms with E-state index >= 15 is 0 Å². The molecule has 0 heterocycles. The van der Waals surface area contributed by atoms with Crippen molar-refractivity contribution in [3.63, 3.8) is 0 Å². The molecule has 0 radical (unpaired) electrons. The molecular weight excluding hydrogens is 348 g/mol. The largest absolute Gasteiger partial charge is 0.599 e. The Labute approximate surface area is 156 Å². The van der Waals surface area contributed by atoms with E-state index in [1.165, 1.54) is 0 Å². The Bertz CT molecular complexity index is 832. The third-order valence-corrected chi connectivity index (χ3v) is 4.47. The highest BCUT2D eigenvalue weighted by atomic mass is 16.6. The molecule has 2 aromatic rings. The molecule has 27 heavy (non-hydrogen) atoms. The lowest BCUT2D eigenvalue weighted by Crippen LogP contribution is -2.29. The van der Waals surface area contributed by atoms with E-state index < -0.39 is 30.4 Å². The van der Waals surface area contributed by atoms with Crippen molar-refractivity contribution in [2.24, 2.45) is 10.7 Å². The number of amides is 1. The fraction of sp³-hybridized carbons (Fsp3) is 0.250. The minimum Gasteiger partial charge on any atom is -0.599 e. The van der Waals surface area contributed by atoms with Gasteiger partial charge in [0.2, 0.25) is 5.91 Å². The number of benzene rings is 2. The lowest BCUT2D eigenvalue weighted by atomic mass is 9.98. The molecule has 3 N–H and O–H groups in total. The van der Waals surface area contributed by atoms with Crippen LogP contribution in [0.2, 0.25) is 0 Å². The van der Waals surface area contributed by atoms with E-state index in [2.05, 4.69) is 4.99 Å². The first-order chi connectivity index (χ1) is 13.0. The molecule has 0 saturated carbocycles. The molecule has 2 aromatic carbocycles. The Morgan fingerprint density at radius 2 is 1.63 bits per heavy atom. The molecule has 0 saturated heterocycles. The van der Waals surface area contributed by atoms with Gasteiger partial charge in [0, 0.05) is 18.9 Å². The van der Waals surface area contributed by atoms with Gasteiger partial charge in [-0.25, -0.2) is 0 Å². The number of fused-ring (bicyclic) bond motifs is 3.